The lowest BCUT2D eigenvalue weighted by Gasteiger charge is -2.23. The van der Waals surface area contributed by atoms with E-state index in [1.807, 2.05) is 20.8 Å². The Morgan fingerprint density at radius 1 is 1.35 bits per heavy atom. The van der Waals surface area contributed by atoms with Crippen molar-refractivity contribution in [3.05, 3.63) is 11.8 Å². The minimum atomic E-state index is -3.52. The average Bonchev–Trinajstić information content (AvgIpc) is 2.60. The van der Waals surface area contributed by atoms with Crippen molar-refractivity contribution in [1.82, 2.24) is 9.78 Å². The second-order valence-electron chi connectivity index (χ2n) is 5.20. The summed E-state index contributed by atoms with van der Waals surface area (Å²) in [5.74, 6) is 0. The molecule has 1 heterocycles. The van der Waals surface area contributed by atoms with E-state index >= 15 is 0 Å². The minimum absolute atomic E-state index is 0.00926. The van der Waals surface area contributed by atoms with Crippen molar-refractivity contribution in [3.8, 4) is 0 Å². The molecule has 0 saturated carbocycles. The SMILES string of the molecule is CC(C)S(=O)(=O)c1c(C=O)cnn1C(C)(C)C. The quantitative estimate of drug-likeness (QED) is 0.773. The number of aldehydes is 1. The molecule has 0 aliphatic rings. The molecule has 0 fully saturated rings. The van der Waals surface area contributed by atoms with Gasteiger partial charge in [-0.3, -0.25) is 4.79 Å². The average molecular weight is 258 g/mol. The van der Waals surface area contributed by atoms with Crippen LogP contribution in [0.4, 0.5) is 0 Å². The van der Waals surface area contributed by atoms with Gasteiger partial charge in [0.25, 0.3) is 0 Å². The first kappa shape index (κ1) is 13.9. The molecule has 0 unspecified atom stereocenters. The van der Waals surface area contributed by atoms with Crippen molar-refractivity contribution in [2.45, 2.75) is 50.4 Å². The number of carbonyl (C=O) groups is 1. The molecule has 0 aliphatic heterocycles. The topological polar surface area (TPSA) is 69.0 Å². The number of rotatable bonds is 3. The summed E-state index contributed by atoms with van der Waals surface area (Å²) in [6.45, 7) is 8.70. The Bertz CT molecular complexity index is 521. The predicted octanol–water partition coefficient (Wildman–Crippen LogP) is 1.63. The Morgan fingerprint density at radius 3 is 2.24 bits per heavy atom. The minimum Gasteiger partial charge on any atom is -0.298 e. The van der Waals surface area contributed by atoms with Crippen molar-refractivity contribution in [2.24, 2.45) is 0 Å². The smallest absolute Gasteiger partial charge is 0.198 e. The van der Waals surface area contributed by atoms with Crippen LogP contribution in [0.5, 0.6) is 0 Å². The Labute approximate surface area is 102 Å². The number of nitrogens with zero attached hydrogens (tertiary/aromatic N) is 2. The van der Waals surface area contributed by atoms with Gasteiger partial charge in [-0.15, -0.1) is 0 Å². The van der Waals surface area contributed by atoms with Gasteiger partial charge in [-0.2, -0.15) is 5.10 Å². The molecule has 1 aromatic heterocycles. The van der Waals surface area contributed by atoms with Gasteiger partial charge in [-0.05, 0) is 34.6 Å². The maximum atomic E-state index is 12.2. The van der Waals surface area contributed by atoms with Crippen molar-refractivity contribution >= 4 is 16.1 Å². The molecule has 0 aromatic carbocycles. The van der Waals surface area contributed by atoms with Crippen LogP contribution in [0.3, 0.4) is 0 Å². The molecule has 0 radical (unpaired) electrons. The summed E-state index contributed by atoms with van der Waals surface area (Å²) in [5.41, 5.74) is -0.368. The first-order valence-corrected chi connectivity index (χ1v) is 6.94. The van der Waals surface area contributed by atoms with Gasteiger partial charge in [-0.1, -0.05) is 0 Å². The molecule has 96 valence electrons. The summed E-state index contributed by atoms with van der Waals surface area (Å²) in [6, 6.07) is 0. The van der Waals surface area contributed by atoms with E-state index in [1.54, 1.807) is 13.8 Å². The fourth-order valence-electron chi connectivity index (χ4n) is 1.42. The second kappa shape index (κ2) is 4.25. The highest BCUT2D eigenvalue weighted by molar-refractivity contribution is 7.92. The van der Waals surface area contributed by atoms with Crippen LogP contribution < -0.4 is 0 Å². The molecule has 1 rings (SSSR count). The summed E-state index contributed by atoms with van der Waals surface area (Å²) < 4.78 is 25.8. The van der Waals surface area contributed by atoms with Gasteiger partial charge in [0.15, 0.2) is 21.1 Å². The molecule has 0 amide bonds. The third kappa shape index (κ3) is 2.41. The molecular weight excluding hydrogens is 240 g/mol. The summed E-state index contributed by atoms with van der Waals surface area (Å²) in [5, 5.41) is 3.44. The van der Waals surface area contributed by atoms with Crippen LogP contribution in [0.25, 0.3) is 0 Å². The zero-order chi connectivity index (χ0) is 13.4. The van der Waals surface area contributed by atoms with E-state index in [0.29, 0.717) is 6.29 Å². The van der Waals surface area contributed by atoms with Crippen LogP contribution in [0, 0.1) is 0 Å². The van der Waals surface area contributed by atoms with E-state index in [-0.39, 0.29) is 10.6 Å². The lowest BCUT2D eigenvalue weighted by molar-refractivity contribution is 0.111. The summed E-state index contributed by atoms with van der Waals surface area (Å²) in [7, 11) is -3.52. The van der Waals surface area contributed by atoms with E-state index in [4.69, 9.17) is 0 Å². The molecule has 0 atom stereocenters. The first-order valence-electron chi connectivity index (χ1n) is 5.40. The fourth-order valence-corrected chi connectivity index (χ4v) is 2.85. The summed E-state index contributed by atoms with van der Waals surface area (Å²) in [4.78, 5) is 10.9. The van der Waals surface area contributed by atoms with Crippen LogP contribution in [-0.4, -0.2) is 29.7 Å². The molecule has 6 heteroatoms. The second-order valence-corrected chi connectivity index (χ2v) is 7.62. The van der Waals surface area contributed by atoms with Crippen molar-refractivity contribution < 1.29 is 13.2 Å². The van der Waals surface area contributed by atoms with Gasteiger partial charge in [0.05, 0.1) is 22.5 Å². The molecule has 0 N–H and O–H groups in total. The normalized spacial score (nSPS) is 13.1. The van der Waals surface area contributed by atoms with Gasteiger partial charge in [0.2, 0.25) is 0 Å². The molecule has 5 nitrogen and oxygen atoms in total. The molecule has 1 aromatic rings. The van der Waals surface area contributed by atoms with Crippen LogP contribution >= 0.6 is 0 Å². The Morgan fingerprint density at radius 2 is 1.88 bits per heavy atom. The summed E-state index contributed by atoms with van der Waals surface area (Å²) in [6.07, 6.45) is 1.83. The fraction of sp³-hybridized carbons (Fsp3) is 0.636. The van der Waals surface area contributed by atoms with E-state index in [2.05, 4.69) is 5.10 Å². The first-order chi connectivity index (χ1) is 7.62. The zero-order valence-electron chi connectivity index (χ0n) is 10.8. The lowest BCUT2D eigenvalue weighted by atomic mass is 10.1. The molecule has 0 saturated heterocycles. The van der Waals surface area contributed by atoms with Crippen LogP contribution in [0.1, 0.15) is 45.0 Å². The maximum absolute atomic E-state index is 12.2. The number of aromatic nitrogens is 2. The molecule has 0 aliphatic carbocycles. The number of carbonyl (C=O) groups excluding carboxylic acids is 1. The van der Waals surface area contributed by atoms with Gasteiger partial charge >= 0.3 is 0 Å². The van der Waals surface area contributed by atoms with Crippen LogP contribution in [0.15, 0.2) is 11.2 Å². The van der Waals surface area contributed by atoms with Crippen LogP contribution in [0.2, 0.25) is 0 Å². The van der Waals surface area contributed by atoms with Crippen molar-refractivity contribution in [2.75, 3.05) is 0 Å². The van der Waals surface area contributed by atoms with E-state index in [0.717, 1.165) is 0 Å². The van der Waals surface area contributed by atoms with E-state index < -0.39 is 20.6 Å². The zero-order valence-corrected chi connectivity index (χ0v) is 11.6. The highest BCUT2D eigenvalue weighted by Gasteiger charge is 2.31. The van der Waals surface area contributed by atoms with Gasteiger partial charge in [-0.25, -0.2) is 13.1 Å². The maximum Gasteiger partial charge on any atom is 0.198 e. The Balaban J connectivity index is 3.61. The highest BCUT2D eigenvalue weighted by Crippen LogP contribution is 2.25. The van der Waals surface area contributed by atoms with E-state index in [9.17, 15) is 13.2 Å². The van der Waals surface area contributed by atoms with Gasteiger partial charge in [0.1, 0.15) is 0 Å². The Hall–Kier alpha value is -1.17. The number of hydrogen-bond donors (Lipinski definition) is 0. The third-order valence-corrected chi connectivity index (χ3v) is 4.59. The van der Waals surface area contributed by atoms with E-state index in [1.165, 1.54) is 10.9 Å². The largest absolute Gasteiger partial charge is 0.298 e. The number of sulfone groups is 1. The highest BCUT2D eigenvalue weighted by atomic mass is 32.2. The Kier molecular flexibility index (Phi) is 3.47. The molecular formula is C11H18N2O3S. The standard InChI is InChI=1S/C11H18N2O3S/c1-8(2)17(15,16)10-9(7-14)6-12-13(10)11(3,4)5/h6-8H,1-5H3. The van der Waals surface area contributed by atoms with Crippen molar-refractivity contribution in [1.29, 1.82) is 0 Å². The molecule has 0 spiro atoms. The van der Waals surface area contributed by atoms with Crippen molar-refractivity contribution in [3.63, 3.8) is 0 Å². The molecule has 0 bridgehead atoms. The monoisotopic (exact) mass is 258 g/mol. The molecule has 17 heavy (non-hydrogen) atoms. The van der Waals surface area contributed by atoms with Crippen LogP contribution in [-0.2, 0) is 15.4 Å². The lowest BCUT2D eigenvalue weighted by Crippen LogP contribution is -2.29. The third-order valence-electron chi connectivity index (χ3n) is 2.40. The van der Waals surface area contributed by atoms with Gasteiger partial charge in [0, 0.05) is 0 Å². The number of hydrogen-bond acceptors (Lipinski definition) is 4. The predicted molar refractivity (Wildman–Crippen MR) is 64.9 cm³/mol. The summed E-state index contributed by atoms with van der Waals surface area (Å²) >= 11 is 0. The van der Waals surface area contributed by atoms with Gasteiger partial charge < -0.3 is 0 Å².